The van der Waals surface area contributed by atoms with E-state index in [0.717, 1.165) is 36.8 Å². The number of carbonyl (C=O) groups excluding carboxylic acids is 2. The maximum Gasteiger partial charge on any atom is 0.407 e. The lowest BCUT2D eigenvalue weighted by Gasteiger charge is -2.23. The molecular formula is C36H32BrF5N4O6. The number of aromatic hydroxyl groups is 1. The van der Waals surface area contributed by atoms with E-state index in [-0.39, 0.29) is 28.3 Å². The van der Waals surface area contributed by atoms with Crippen molar-refractivity contribution in [3.8, 4) is 11.5 Å². The summed E-state index contributed by atoms with van der Waals surface area (Å²) in [5.41, 5.74) is -3.66. The van der Waals surface area contributed by atoms with Crippen molar-refractivity contribution in [2.45, 2.75) is 38.1 Å². The van der Waals surface area contributed by atoms with Crippen molar-refractivity contribution >= 4 is 50.5 Å². The van der Waals surface area contributed by atoms with E-state index in [1.54, 1.807) is 25.1 Å². The zero-order chi connectivity index (χ0) is 39.3. The van der Waals surface area contributed by atoms with Gasteiger partial charge < -0.3 is 30.7 Å². The second-order valence-corrected chi connectivity index (χ2v) is 11.8. The van der Waals surface area contributed by atoms with Crippen LogP contribution < -0.4 is 15.4 Å². The minimum atomic E-state index is -4.77. The summed E-state index contributed by atoms with van der Waals surface area (Å²) in [5.74, 6) is -2.02. The molecule has 0 fully saturated rings. The van der Waals surface area contributed by atoms with Crippen molar-refractivity contribution in [1.29, 1.82) is 0 Å². The summed E-state index contributed by atoms with van der Waals surface area (Å²) in [7, 11) is 0. The van der Waals surface area contributed by atoms with Crippen LogP contribution in [0.5, 0.6) is 11.5 Å². The third kappa shape index (κ3) is 13.3. The van der Waals surface area contributed by atoms with Crippen LogP contribution in [0.15, 0.2) is 84.9 Å². The highest BCUT2D eigenvalue weighted by Gasteiger charge is 2.35. The number of aliphatic hydroxyl groups is 2. The van der Waals surface area contributed by atoms with E-state index in [1.165, 1.54) is 43.3 Å². The Kier molecular flexibility index (Phi) is 15.3. The maximum atomic E-state index is 13.0. The molecule has 0 saturated carbocycles. The first-order valence-electron chi connectivity index (χ1n) is 14.8. The van der Waals surface area contributed by atoms with Gasteiger partial charge in [-0.3, -0.25) is 9.59 Å². The Morgan fingerprint density at radius 1 is 0.769 bits per heavy atom. The second kappa shape index (κ2) is 18.6. The number of carbonyl (C=O) groups is 2. The minimum Gasteiger partial charge on any atom is -0.508 e. The predicted molar refractivity (Wildman–Crippen MR) is 187 cm³/mol. The maximum absolute atomic E-state index is 13.0. The Hall–Kier alpha value is -5.55. The van der Waals surface area contributed by atoms with E-state index < -0.39 is 52.9 Å². The first-order chi connectivity index (χ1) is 24.2. The number of ether oxygens (including phenoxy) is 1. The Morgan fingerprint density at radius 3 is 1.67 bits per heavy atom. The van der Waals surface area contributed by atoms with E-state index in [1.807, 2.05) is 0 Å². The van der Waals surface area contributed by atoms with Crippen LogP contribution in [0.2, 0.25) is 0 Å². The molecular weight excluding hydrogens is 759 g/mol. The standard InChI is InChI=1S/C18H14F4N2O3.C12H13BrN2O2.C6H5FO/c1-17(26,10-27-13-6-3-11(19)4-7-13)16(25)24-12-5-8-15(23-2)14(9-12)18(20,21)22;1-8-6-9(4-5-10(8)14-3)15-11(16)12(2,17)7-13;7-5-1-3-6(8)4-2-5/h3-9,26H,10H2,1H3,(H,24,25);4-6,17H,7H2,1-2H3,(H,15,16);1-4,8H/t17-;12-;/m00./s1. The van der Waals surface area contributed by atoms with Gasteiger partial charge in [-0.2, -0.15) is 13.2 Å². The number of nitrogens with one attached hydrogen (secondary N) is 2. The van der Waals surface area contributed by atoms with E-state index in [2.05, 4.69) is 36.3 Å². The number of phenols is 1. The van der Waals surface area contributed by atoms with Crippen molar-refractivity contribution in [3.63, 3.8) is 0 Å². The molecule has 0 aliphatic carbocycles. The normalized spacial score (nSPS) is 12.8. The molecule has 0 aliphatic rings. The fourth-order valence-electron chi connectivity index (χ4n) is 3.65. The van der Waals surface area contributed by atoms with Crippen LogP contribution in [-0.4, -0.2) is 50.3 Å². The van der Waals surface area contributed by atoms with Crippen LogP contribution in [-0.2, 0) is 15.8 Å². The van der Waals surface area contributed by atoms with Gasteiger partial charge in [0, 0.05) is 16.7 Å². The molecule has 4 aromatic rings. The first kappa shape index (κ1) is 42.6. The van der Waals surface area contributed by atoms with Crippen LogP contribution in [0.1, 0.15) is 25.0 Å². The summed E-state index contributed by atoms with van der Waals surface area (Å²) in [6.07, 6.45) is -4.77. The second-order valence-electron chi connectivity index (χ2n) is 11.3. The van der Waals surface area contributed by atoms with Crippen LogP contribution in [0.4, 0.5) is 44.7 Å². The van der Waals surface area contributed by atoms with Gasteiger partial charge in [-0.15, -0.1) is 0 Å². The van der Waals surface area contributed by atoms with Gasteiger partial charge >= 0.3 is 6.18 Å². The number of aryl methyl sites for hydroxylation is 1. The number of amides is 2. The molecule has 0 aromatic heterocycles. The molecule has 4 aromatic carbocycles. The monoisotopic (exact) mass is 790 g/mol. The van der Waals surface area contributed by atoms with E-state index in [9.17, 15) is 41.8 Å². The van der Waals surface area contributed by atoms with Gasteiger partial charge in [0.25, 0.3) is 11.8 Å². The number of halogens is 6. The fraction of sp³-hybridized carbons (Fsp3) is 0.222. The lowest BCUT2D eigenvalue weighted by atomic mass is 10.1. The number of hydrogen-bond donors (Lipinski definition) is 5. The Bertz CT molecular complexity index is 1900. The number of phenolic OH excluding ortho intramolecular Hbond substituents is 1. The van der Waals surface area contributed by atoms with Gasteiger partial charge in [-0.25, -0.2) is 18.5 Å². The largest absolute Gasteiger partial charge is 0.508 e. The first-order valence-corrected chi connectivity index (χ1v) is 15.9. The highest BCUT2D eigenvalue weighted by atomic mass is 79.9. The smallest absolute Gasteiger partial charge is 0.407 e. The molecule has 0 unspecified atom stereocenters. The van der Waals surface area contributed by atoms with Gasteiger partial charge in [0.1, 0.15) is 35.3 Å². The Balaban J connectivity index is 0.000000316. The SMILES string of the molecule is Oc1ccc(F)cc1.[C-]#[N+]c1ccc(NC(=O)[C@@](C)(O)CBr)cc1C.[C-]#[N+]c1ccc(NC(=O)[C@@](C)(O)COc2ccc(F)cc2)cc1C(F)(F)F. The third-order valence-corrected chi connectivity index (χ3v) is 7.75. The average Bonchev–Trinajstić information content (AvgIpc) is 3.09. The number of alkyl halides is 4. The van der Waals surface area contributed by atoms with Crippen LogP contribution in [0.25, 0.3) is 9.69 Å². The summed E-state index contributed by atoms with van der Waals surface area (Å²) < 4.78 is 68.9. The zero-order valence-electron chi connectivity index (χ0n) is 27.7. The van der Waals surface area contributed by atoms with Crippen molar-refractivity contribution in [2.24, 2.45) is 0 Å². The Morgan fingerprint density at radius 2 is 1.23 bits per heavy atom. The topological polar surface area (TPSA) is 137 Å². The van der Waals surface area contributed by atoms with E-state index in [4.69, 9.17) is 23.0 Å². The molecule has 4 rings (SSSR count). The molecule has 2 amide bonds. The summed E-state index contributed by atoms with van der Waals surface area (Å²) in [6, 6.07) is 17.5. The summed E-state index contributed by atoms with van der Waals surface area (Å²) >= 11 is 3.07. The van der Waals surface area contributed by atoms with E-state index in [0.29, 0.717) is 17.4 Å². The molecule has 0 aliphatic heterocycles. The van der Waals surface area contributed by atoms with Crippen molar-refractivity contribution in [3.05, 3.63) is 131 Å². The van der Waals surface area contributed by atoms with Gasteiger partial charge in [0.15, 0.2) is 17.0 Å². The third-order valence-electron chi connectivity index (χ3n) is 6.65. The zero-order valence-corrected chi connectivity index (χ0v) is 29.3. The quantitative estimate of drug-likeness (QED) is 0.0692. The van der Waals surface area contributed by atoms with Crippen molar-refractivity contribution < 1.29 is 51.6 Å². The van der Waals surface area contributed by atoms with Crippen molar-refractivity contribution in [2.75, 3.05) is 22.6 Å². The molecule has 5 N–H and O–H groups in total. The molecule has 0 radical (unpaired) electrons. The summed E-state index contributed by atoms with van der Waals surface area (Å²) in [4.78, 5) is 30.0. The highest BCUT2D eigenvalue weighted by Crippen LogP contribution is 2.38. The molecule has 16 heteroatoms. The van der Waals surface area contributed by atoms with Gasteiger partial charge in [-0.05, 0) is 99.1 Å². The molecule has 52 heavy (non-hydrogen) atoms. The van der Waals surface area contributed by atoms with Gasteiger partial charge in [-0.1, -0.05) is 28.1 Å². The highest BCUT2D eigenvalue weighted by molar-refractivity contribution is 9.09. The number of anilines is 2. The number of hydrogen-bond acceptors (Lipinski definition) is 6. The van der Waals surface area contributed by atoms with Crippen molar-refractivity contribution in [1.82, 2.24) is 0 Å². The molecule has 2 atom stereocenters. The van der Waals surface area contributed by atoms with Crippen LogP contribution in [0, 0.1) is 31.7 Å². The number of benzene rings is 4. The molecule has 274 valence electrons. The number of rotatable bonds is 8. The predicted octanol–water partition coefficient (Wildman–Crippen LogP) is 8.33. The molecule has 0 heterocycles. The number of nitrogens with zero attached hydrogens (tertiary/aromatic N) is 2. The summed E-state index contributed by atoms with van der Waals surface area (Å²) in [5, 5.41) is 33.4. The molecule has 0 spiro atoms. The lowest BCUT2D eigenvalue weighted by Crippen LogP contribution is -2.45. The Labute approximate surface area is 304 Å². The molecule has 0 bridgehead atoms. The summed E-state index contributed by atoms with van der Waals surface area (Å²) in [6.45, 7) is 17.5. The van der Waals surface area contributed by atoms with Gasteiger partial charge in [0.05, 0.1) is 18.7 Å². The average molecular weight is 792 g/mol. The van der Waals surface area contributed by atoms with Crippen LogP contribution >= 0.6 is 15.9 Å². The fourth-order valence-corrected chi connectivity index (χ4v) is 3.91. The molecule has 10 nitrogen and oxygen atoms in total. The van der Waals surface area contributed by atoms with E-state index >= 15 is 0 Å². The lowest BCUT2D eigenvalue weighted by molar-refractivity contribution is -0.137. The van der Waals surface area contributed by atoms with Crippen LogP contribution in [0.3, 0.4) is 0 Å². The minimum absolute atomic E-state index is 0.0893. The molecule has 0 saturated heterocycles. The van der Waals surface area contributed by atoms with Gasteiger partial charge in [0.2, 0.25) is 0 Å².